The Hall–Kier alpha value is -2.43. The summed E-state index contributed by atoms with van der Waals surface area (Å²) in [6.45, 7) is 3.24. The van der Waals surface area contributed by atoms with Gasteiger partial charge in [0.15, 0.2) is 0 Å². The standard InChI is InChI=1S/C24H29N3O/c28-20-24(13-11-21-7-2-1-3-8-21)12-5-15-26(19-24)18-22-9-4-10-23(17-22)27-16-6-14-25-27/h1-4,6-10,14,16-17,28H,5,11-13,15,18-20H2. The third-order valence-corrected chi connectivity index (χ3v) is 5.95. The summed E-state index contributed by atoms with van der Waals surface area (Å²) in [6, 6.07) is 21.2. The van der Waals surface area contributed by atoms with Crippen molar-refractivity contribution in [2.24, 2.45) is 5.41 Å². The smallest absolute Gasteiger partial charge is 0.0648 e. The molecule has 0 aliphatic carbocycles. The van der Waals surface area contributed by atoms with Crippen LogP contribution in [0.3, 0.4) is 0 Å². The maximum atomic E-state index is 10.2. The SMILES string of the molecule is OCC1(CCc2ccccc2)CCCN(Cc2cccc(-n3cccn3)c2)C1. The predicted molar refractivity (Wildman–Crippen MR) is 112 cm³/mol. The highest BCUT2D eigenvalue weighted by Crippen LogP contribution is 2.35. The molecule has 0 saturated carbocycles. The van der Waals surface area contributed by atoms with Gasteiger partial charge in [-0.3, -0.25) is 4.90 Å². The molecular weight excluding hydrogens is 346 g/mol. The molecule has 2 aromatic carbocycles. The lowest BCUT2D eigenvalue weighted by molar-refractivity contribution is 0.0224. The number of hydrogen-bond acceptors (Lipinski definition) is 3. The average Bonchev–Trinajstić information content (AvgIpc) is 3.29. The minimum atomic E-state index is 0.00762. The molecule has 3 aromatic rings. The molecule has 1 aliphatic heterocycles. The maximum Gasteiger partial charge on any atom is 0.0648 e. The first kappa shape index (κ1) is 18.9. The molecule has 0 amide bonds. The second kappa shape index (κ2) is 8.72. The Balaban J connectivity index is 1.42. The first-order chi connectivity index (χ1) is 13.8. The van der Waals surface area contributed by atoms with E-state index in [1.165, 1.54) is 11.1 Å². The van der Waals surface area contributed by atoms with Gasteiger partial charge >= 0.3 is 0 Å². The Morgan fingerprint density at radius 1 is 1.00 bits per heavy atom. The zero-order chi connectivity index (χ0) is 19.2. The van der Waals surface area contributed by atoms with Gasteiger partial charge in [0, 0.05) is 37.5 Å². The van der Waals surface area contributed by atoms with E-state index in [1.807, 2.05) is 16.9 Å². The van der Waals surface area contributed by atoms with E-state index in [0.717, 1.165) is 51.0 Å². The molecule has 4 heteroatoms. The predicted octanol–water partition coefficient (Wildman–Crippen LogP) is 4.08. The largest absolute Gasteiger partial charge is 0.396 e. The lowest BCUT2D eigenvalue weighted by atomic mass is 9.76. The topological polar surface area (TPSA) is 41.3 Å². The van der Waals surface area contributed by atoms with Crippen LogP contribution in [0.1, 0.15) is 30.4 Å². The molecule has 4 nitrogen and oxygen atoms in total. The molecule has 1 atom stereocenters. The Labute approximate surface area is 167 Å². The van der Waals surface area contributed by atoms with Crippen LogP contribution < -0.4 is 0 Å². The number of aliphatic hydroxyl groups excluding tert-OH is 1. The number of aliphatic hydroxyl groups is 1. The molecule has 4 rings (SSSR count). The van der Waals surface area contributed by atoms with Gasteiger partial charge in [0.25, 0.3) is 0 Å². The third-order valence-electron chi connectivity index (χ3n) is 5.95. The quantitative estimate of drug-likeness (QED) is 0.676. The summed E-state index contributed by atoms with van der Waals surface area (Å²) in [4.78, 5) is 2.51. The van der Waals surface area contributed by atoms with Crippen LogP contribution in [0.15, 0.2) is 73.1 Å². The molecular formula is C24H29N3O. The fourth-order valence-electron chi connectivity index (χ4n) is 4.39. The summed E-state index contributed by atoms with van der Waals surface area (Å²) in [5.74, 6) is 0. The van der Waals surface area contributed by atoms with E-state index < -0.39 is 0 Å². The summed E-state index contributed by atoms with van der Waals surface area (Å²) in [6.07, 6.45) is 8.11. The number of hydrogen-bond donors (Lipinski definition) is 1. The molecule has 2 heterocycles. The monoisotopic (exact) mass is 375 g/mol. The van der Waals surface area contributed by atoms with E-state index in [2.05, 4.69) is 64.6 Å². The second-order valence-electron chi connectivity index (χ2n) is 8.08. The Morgan fingerprint density at radius 2 is 1.86 bits per heavy atom. The van der Waals surface area contributed by atoms with Gasteiger partial charge in [0.2, 0.25) is 0 Å². The first-order valence-electron chi connectivity index (χ1n) is 10.2. The molecule has 1 N–H and O–H groups in total. The van der Waals surface area contributed by atoms with E-state index in [1.54, 1.807) is 6.20 Å². The van der Waals surface area contributed by atoms with Gasteiger partial charge in [-0.1, -0.05) is 42.5 Å². The van der Waals surface area contributed by atoms with Crippen molar-refractivity contribution in [3.63, 3.8) is 0 Å². The number of nitrogens with zero attached hydrogens (tertiary/aromatic N) is 3. The summed E-state index contributed by atoms with van der Waals surface area (Å²) in [5.41, 5.74) is 3.76. The maximum absolute atomic E-state index is 10.2. The Morgan fingerprint density at radius 3 is 2.64 bits per heavy atom. The fraction of sp³-hybridized carbons (Fsp3) is 0.375. The van der Waals surface area contributed by atoms with Crippen molar-refractivity contribution in [3.8, 4) is 5.69 Å². The number of aromatic nitrogens is 2. The van der Waals surface area contributed by atoms with Crippen LogP contribution in [0.2, 0.25) is 0 Å². The summed E-state index contributed by atoms with van der Waals surface area (Å²) >= 11 is 0. The molecule has 0 spiro atoms. The van der Waals surface area contributed by atoms with Crippen molar-refractivity contribution in [3.05, 3.63) is 84.2 Å². The Bertz CT molecular complexity index is 863. The van der Waals surface area contributed by atoms with Gasteiger partial charge in [0.05, 0.1) is 5.69 Å². The lowest BCUT2D eigenvalue weighted by Gasteiger charge is -2.42. The third kappa shape index (κ3) is 4.51. The van der Waals surface area contributed by atoms with E-state index >= 15 is 0 Å². The second-order valence-corrected chi connectivity index (χ2v) is 8.08. The van der Waals surface area contributed by atoms with Gasteiger partial charge in [-0.05, 0) is 61.6 Å². The van der Waals surface area contributed by atoms with E-state index in [-0.39, 0.29) is 12.0 Å². The average molecular weight is 376 g/mol. The van der Waals surface area contributed by atoms with Crippen molar-refractivity contribution in [2.75, 3.05) is 19.7 Å². The van der Waals surface area contributed by atoms with Gasteiger partial charge in [-0.2, -0.15) is 5.10 Å². The normalized spacial score (nSPS) is 20.3. The highest BCUT2D eigenvalue weighted by molar-refractivity contribution is 5.35. The zero-order valence-electron chi connectivity index (χ0n) is 16.4. The summed E-state index contributed by atoms with van der Waals surface area (Å²) in [5, 5.41) is 14.6. The van der Waals surface area contributed by atoms with Crippen LogP contribution in [-0.2, 0) is 13.0 Å². The van der Waals surface area contributed by atoms with Gasteiger partial charge < -0.3 is 5.11 Å². The molecule has 1 aliphatic rings. The van der Waals surface area contributed by atoms with Gasteiger partial charge in [0.1, 0.15) is 0 Å². The molecule has 1 fully saturated rings. The first-order valence-corrected chi connectivity index (χ1v) is 10.2. The van der Waals surface area contributed by atoms with Crippen LogP contribution in [0.5, 0.6) is 0 Å². The number of rotatable bonds is 7. The summed E-state index contributed by atoms with van der Waals surface area (Å²) in [7, 11) is 0. The van der Waals surface area contributed by atoms with Gasteiger partial charge in [-0.15, -0.1) is 0 Å². The van der Waals surface area contributed by atoms with Crippen LogP contribution in [0.25, 0.3) is 5.69 Å². The number of likely N-dealkylation sites (tertiary alicyclic amines) is 1. The van der Waals surface area contributed by atoms with Crippen LogP contribution in [0, 0.1) is 5.41 Å². The molecule has 1 saturated heterocycles. The van der Waals surface area contributed by atoms with Gasteiger partial charge in [-0.25, -0.2) is 4.68 Å². The van der Waals surface area contributed by atoms with Crippen LogP contribution >= 0.6 is 0 Å². The van der Waals surface area contributed by atoms with E-state index in [9.17, 15) is 5.11 Å². The molecule has 1 unspecified atom stereocenters. The highest BCUT2D eigenvalue weighted by Gasteiger charge is 2.34. The van der Waals surface area contributed by atoms with Crippen molar-refractivity contribution in [1.29, 1.82) is 0 Å². The number of aryl methyl sites for hydroxylation is 1. The van der Waals surface area contributed by atoms with Crippen molar-refractivity contribution >= 4 is 0 Å². The van der Waals surface area contributed by atoms with Crippen LogP contribution in [0.4, 0.5) is 0 Å². The molecule has 0 bridgehead atoms. The zero-order valence-corrected chi connectivity index (χ0v) is 16.4. The molecule has 28 heavy (non-hydrogen) atoms. The summed E-state index contributed by atoms with van der Waals surface area (Å²) < 4.78 is 1.90. The molecule has 146 valence electrons. The number of piperidine rings is 1. The van der Waals surface area contributed by atoms with Crippen molar-refractivity contribution in [2.45, 2.75) is 32.2 Å². The fourth-order valence-corrected chi connectivity index (χ4v) is 4.39. The molecule has 0 radical (unpaired) electrons. The minimum absolute atomic E-state index is 0.00762. The van der Waals surface area contributed by atoms with Crippen molar-refractivity contribution in [1.82, 2.24) is 14.7 Å². The lowest BCUT2D eigenvalue weighted by Crippen LogP contribution is -2.45. The highest BCUT2D eigenvalue weighted by atomic mass is 16.3. The van der Waals surface area contributed by atoms with Crippen LogP contribution in [-0.4, -0.2) is 39.5 Å². The van der Waals surface area contributed by atoms with E-state index in [0.29, 0.717) is 0 Å². The number of benzene rings is 2. The Kier molecular flexibility index (Phi) is 5.89. The van der Waals surface area contributed by atoms with Crippen molar-refractivity contribution < 1.29 is 5.11 Å². The van der Waals surface area contributed by atoms with E-state index in [4.69, 9.17) is 0 Å². The minimum Gasteiger partial charge on any atom is -0.396 e. The molecule has 1 aromatic heterocycles.